The molecule has 1 heterocycles. The average molecular weight is 222 g/mol. The molecule has 0 saturated heterocycles. The van der Waals surface area contributed by atoms with E-state index < -0.39 is 11.6 Å². The van der Waals surface area contributed by atoms with E-state index in [9.17, 15) is 8.78 Å². The molecule has 1 aromatic heterocycles. The lowest BCUT2D eigenvalue weighted by molar-refractivity contribution is 0.505. The first-order valence-corrected chi connectivity index (χ1v) is 5.01. The van der Waals surface area contributed by atoms with Gasteiger partial charge >= 0.3 is 0 Å². The van der Waals surface area contributed by atoms with Crippen molar-refractivity contribution in [2.45, 2.75) is 13.0 Å². The van der Waals surface area contributed by atoms with Crippen LogP contribution in [-0.2, 0) is 0 Å². The fourth-order valence-corrected chi connectivity index (χ4v) is 1.50. The SMILES string of the molecule is CC(Nn1cccc1)c1ccc(F)c(F)c1. The topological polar surface area (TPSA) is 17.0 Å². The summed E-state index contributed by atoms with van der Waals surface area (Å²) in [6.45, 7) is 1.88. The van der Waals surface area contributed by atoms with E-state index in [4.69, 9.17) is 0 Å². The third-order valence-electron chi connectivity index (χ3n) is 2.39. The van der Waals surface area contributed by atoms with Gasteiger partial charge in [-0.3, -0.25) is 4.68 Å². The van der Waals surface area contributed by atoms with Crippen LogP contribution in [0.3, 0.4) is 0 Å². The third kappa shape index (κ3) is 2.21. The molecule has 0 aliphatic carbocycles. The Balaban J connectivity index is 2.14. The number of hydrogen-bond donors (Lipinski definition) is 1. The molecule has 2 rings (SSSR count). The molecule has 0 spiro atoms. The van der Waals surface area contributed by atoms with Gasteiger partial charge in [-0.15, -0.1) is 0 Å². The largest absolute Gasteiger partial charge is 0.319 e. The van der Waals surface area contributed by atoms with Crippen LogP contribution in [0.1, 0.15) is 18.5 Å². The maximum absolute atomic E-state index is 13.0. The molecule has 1 aromatic carbocycles. The number of aromatic nitrogens is 1. The highest BCUT2D eigenvalue weighted by Crippen LogP contribution is 2.16. The molecular formula is C12H12F2N2. The van der Waals surface area contributed by atoms with Gasteiger partial charge in [0.2, 0.25) is 0 Å². The number of halogens is 2. The molecule has 0 amide bonds. The van der Waals surface area contributed by atoms with Crippen molar-refractivity contribution in [2.24, 2.45) is 0 Å². The van der Waals surface area contributed by atoms with Crippen molar-refractivity contribution in [3.63, 3.8) is 0 Å². The predicted molar refractivity (Wildman–Crippen MR) is 58.6 cm³/mol. The Morgan fingerprint density at radius 2 is 1.81 bits per heavy atom. The predicted octanol–water partition coefficient (Wildman–Crippen LogP) is 3.07. The lowest BCUT2D eigenvalue weighted by Crippen LogP contribution is -2.17. The second-order valence-corrected chi connectivity index (χ2v) is 3.61. The van der Waals surface area contributed by atoms with Gasteiger partial charge in [-0.25, -0.2) is 8.78 Å². The van der Waals surface area contributed by atoms with Gasteiger partial charge in [0.25, 0.3) is 0 Å². The van der Waals surface area contributed by atoms with Crippen molar-refractivity contribution in [3.8, 4) is 0 Å². The molecule has 84 valence electrons. The van der Waals surface area contributed by atoms with Crippen molar-refractivity contribution in [2.75, 3.05) is 5.43 Å². The standard InChI is InChI=1S/C12H12F2N2/c1-9(15-16-6-2-3-7-16)10-4-5-11(13)12(14)8-10/h2-9,15H,1H3. The molecule has 4 heteroatoms. The zero-order chi connectivity index (χ0) is 11.5. The number of hydrogen-bond acceptors (Lipinski definition) is 1. The zero-order valence-electron chi connectivity index (χ0n) is 8.82. The summed E-state index contributed by atoms with van der Waals surface area (Å²) < 4.78 is 27.5. The number of rotatable bonds is 3. The second kappa shape index (κ2) is 4.35. The second-order valence-electron chi connectivity index (χ2n) is 3.61. The molecule has 0 aliphatic rings. The monoisotopic (exact) mass is 222 g/mol. The highest BCUT2D eigenvalue weighted by Gasteiger charge is 2.08. The van der Waals surface area contributed by atoms with Crippen molar-refractivity contribution in [1.82, 2.24) is 4.68 Å². The Bertz CT molecular complexity index is 466. The smallest absolute Gasteiger partial charge is 0.159 e. The van der Waals surface area contributed by atoms with Crippen LogP contribution in [0.2, 0.25) is 0 Å². The molecular weight excluding hydrogens is 210 g/mol. The van der Waals surface area contributed by atoms with Crippen LogP contribution in [0.25, 0.3) is 0 Å². The van der Waals surface area contributed by atoms with E-state index in [2.05, 4.69) is 5.43 Å². The average Bonchev–Trinajstić information content (AvgIpc) is 2.74. The maximum atomic E-state index is 13.0. The van der Waals surface area contributed by atoms with E-state index in [0.29, 0.717) is 5.56 Å². The van der Waals surface area contributed by atoms with Gasteiger partial charge in [0.05, 0.1) is 6.04 Å². The summed E-state index contributed by atoms with van der Waals surface area (Å²) in [6, 6.07) is 7.58. The lowest BCUT2D eigenvalue weighted by Gasteiger charge is -2.16. The highest BCUT2D eigenvalue weighted by atomic mass is 19.2. The summed E-state index contributed by atoms with van der Waals surface area (Å²) in [4.78, 5) is 0. The van der Waals surface area contributed by atoms with Gasteiger partial charge < -0.3 is 5.43 Å². The quantitative estimate of drug-likeness (QED) is 0.844. The van der Waals surface area contributed by atoms with Crippen LogP contribution in [0.4, 0.5) is 8.78 Å². The van der Waals surface area contributed by atoms with Crippen molar-refractivity contribution >= 4 is 0 Å². The molecule has 0 radical (unpaired) electrons. The number of nitrogens with zero attached hydrogens (tertiary/aromatic N) is 1. The van der Waals surface area contributed by atoms with E-state index in [1.807, 2.05) is 31.5 Å². The summed E-state index contributed by atoms with van der Waals surface area (Å²) in [5, 5.41) is 0. The van der Waals surface area contributed by atoms with E-state index in [1.54, 1.807) is 10.7 Å². The molecule has 16 heavy (non-hydrogen) atoms. The molecule has 0 bridgehead atoms. The van der Waals surface area contributed by atoms with Gasteiger partial charge in [0, 0.05) is 12.4 Å². The lowest BCUT2D eigenvalue weighted by atomic mass is 10.1. The summed E-state index contributed by atoms with van der Waals surface area (Å²) in [5.74, 6) is -1.64. The van der Waals surface area contributed by atoms with Gasteiger partial charge in [0.15, 0.2) is 11.6 Å². The minimum Gasteiger partial charge on any atom is -0.319 e. The summed E-state index contributed by atoms with van der Waals surface area (Å²) in [7, 11) is 0. The normalized spacial score (nSPS) is 12.4. The number of nitrogens with one attached hydrogen (secondary N) is 1. The Hall–Kier alpha value is -1.84. The van der Waals surface area contributed by atoms with E-state index in [0.717, 1.165) is 6.07 Å². The summed E-state index contributed by atoms with van der Waals surface area (Å²) in [6.07, 6.45) is 3.69. The molecule has 0 fully saturated rings. The molecule has 0 saturated carbocycles. The molecule has 1 N–H and O–H groups in total. The van der Waals surface area contributed by atoms with Crippen molar-refractivity contribution in [1.29, 1.82) is 0 Å². The molecule has 2 nitrogen and oxygen atoms in total. The number of benzene rings is 1. The molecule has 0 aliphatic heterocycles. The highest BCUT2D eigenvalue weighted by molar-refractivity contribution is 5.22. The van der Waals surface area contributed by atoms with Gasteiger partial charge in [-0.2, -0.15) is 0 Å². The minimum atomic E-state index is -0.822. The zero-order valence-corrected chi connectivity index (χ0v) is 8.82. The first-order chi connectivity index (χ1) is 7.66. The molecule has 2 aromatic rings. The van der Waals surface area contributed by atoms with Gasteiger partial charge in [-0.1, -0.05) is 6.07 Å². The van der Waals surface area contributed by atoms with Crippen LogP contribution in [0.5, 0.6) is 0 Å². The summed E-state index contributed by atoms with van der Waals surface area (Å²) >= 11 is 0. The van der Waals surface area contributed by atoms with E-state index in [-0.39, 0.29) is 6.04 Å². The van der Waals surface area contributed by atoms with Gasteiger partial charge in [-0.05, 0) is 36.8 Å². The van der Waals surface area contributed by atoms with Crippen LogP contribution in [0.15, 0.2) is 42.7 Å². The summed E-state index contributed by atoms with van der Waals surface area (Å²) in [5.41, 5.74) is 3.81. The fraction of sp³-hybridized carbons (Fsp3) is 0.167. The van der Waals surface area contributed by atoms with Crippen LogP contribution < -0.4 is 5.43 Å². The van der Waals surface area contributed by atoms with Crippen LogP contribution in [-0.4, -0.2) is 4.68 Å². The molecule has 1 atom stereocenters. The Morgan fingerprint density at radius 3 is 2.44 bits per heavy atom. The Morgan fingerprint density at radius 1 is 1.12 bits per heavy atom. The first-order valence-electron chi connectivity index (χ1n) is 5.01. The Kier molecular flexibility index (Phi) is 2.90. The van der Waals surface area contributed by atoms with Crippen LogP contribution in [0, 0.1) is 11.6 Å². The van der Waals surface area contributed by atoms with Gasteiger partial charge in [0.1, 0.15) is 0 Å². The Labute approximate surface area is 92.5 Å². The van der Waals surface area contributed by atoms with E-state index >= 15 is 0 Å². The minimum absolute atomic E-state index is 0.0949. The molecule has 1 unspecified atom stereocenters. The third-order valence-corrected chi connectivity index (χ3v) is 2.39. The maximum Gasteiger partial charge on any atom is 0.159 e. The van der Waals surface area contributed by atoms with Crippen molar-refractivity contribution < 1.29 is 8.78 Å². The van der Waals surface area contributed by atoms with E-state index in [1.165, 1.54) is 6.07 Å². The van der Waals surface area contributed by atoms with Crippen molar-refractivity contribution in [3.05, 3.63) is 59.9 Å². The van der Waals surface area contributed by atoms with Crippen LogP contribution >= 0.6 is 0 Å². The fourth-order valence-electron chi connectivity index (χ4n) is 1.50. The first kappa shape index (κ1) is 10.7.